The highest BCUT2D eigenvalue weighted by Gasteiger charge is 2.11. The first-order chi connectivity index (χ1) is 11.9. The van der Waals surface area contributed by atoms with Crippen molar-refractivity contribution in [2.45, 2.75) is 26.9 Å². The molecule has 0 aliphatic heterocycles. The number of hydrazine groups is 1. The lowest BCUT2D eigenvalue weighted by Gasteiger charge is -2.11. The van der Waals surface area contributed by atoms with Gasteiger partial charge in [-0.1, -0.05) is 6.92 Å². The van der Waals surface area contributed by atoms with Crippen molar-refractivity contribution in [2.24, 2.45) is 0 Å². The zero-order valence-electron chi connectivity index (χ0n) is 13.6. The Bertz CT molecular complexity index is 748. The van der Waals surface area contributed by atoms with Gasteiger partial charge < -0.3 is 10.1 Å². The fourth-order valence-corrected chi connectivity index (χ4v) is 3.22. The van der Waals surface area contributed by atoms with E-state index in [1.54, 1.807) is 0 Å². The third-order valence-corrected chi connectivity index (χ3v) is 4.78. The molecular formula is C16H17F2N3O2S2. The van der Waals surface area contributed by atoms with Gasteiger partial charge in [-0.05, 0) is 61.5 Å². The van der Waals surface area contributed by atoms with Crippen molar-refractivity contribution < 1.29 is 18.3 Å². The summed E-state index contributed by atoms with van der Waals surface area (Å²) in [6.45, 7) is 1.13. The first kappa shape index (κ1) is 19.1. The number of alkyl halides is 2. The minimum atomic E-state index is -2.87. The maximum atomic E-state index is 12.1. The van der Waals surface area contributed by atoms with Crippen LogP contribution in [0, 0.1) is 6.92 Å². The van der Waals surface area contributed by atoms with Crippen LogP contribution in [0.2, 0.25) is 0 Å². The molecule has 9 heteroatoms. The molecule has 0 aliphatic carbocycles. The molecular weight excluding hydrogens is 368 g/mol. The SMILES string of the molecule is CCc1sc(C(=O)NNC(=S)Nc2ccc(OC(F)F)cc2)cc1C. The van der Waals surface area contributed by atoms with Crippen molar-refractivity contribution in [1.29, 1.82) is 0 Å². The summed E-state index contributed by atoms with van der Waals surface area (Å²) in [6.07, 6.45) is 0.877. The number of halogens is 2. The fraction of sp³-hybridized carbons (Fsp3) is 0.250. The van der Waals surface area contributed by atoms with E-state index in [-0.39, 0.29) is 16.8 Å². The molecule has 0 atom stereocenters. The number of aryl methyl sites for hydroxylation is 2. The Morgan fingerprint density at radius 2 is 1.96 bits per heavy atom. The summed E-state index contributed by atoms with van der Waals surface area (Å²) < 4.78 is 28.4. The first-order valence-electron chi connectivity index (χ1n) is 7.40. The minimum absolute atomic E-state index is 0.0486. The third kappa shape index (κ3) is 5.64. The van der Waals surface area contributed by atoms with E-state index < -0.39 is 6.61 Å². The maximum absolute atomic E-state index is 12.1. The van der Waals surface area contributed by atoms with E-state index in [1.807, 2.05) is 19.9 Å². The number of nitrogens with one attached hydrogen (secondary N) is 3. The van der Waals surface area contributed by atoms with Gasteiger partial charge in [0.15, 0.2) is 5.11 Å². The van der Waals surface area contributed by atoms with Crippen molar-refractivity contribution in [3.63, 3.8) is 0 Å². The number of thiocarbonyl (C=S) groups is 1. The molecule has 3 N–H and O–H groups in total. The molecule has 1 amide bonds. The predicted octanol–water partition coefficient (Wildman–Crippen LogP) is 3.85. The van der Waals surface area contributed by atoms with Crippen molar-refractivity contribution in [2.75, 3.05) is 5.32 Å². The molecule has 0 radical (unpaired) electrons. The van der Waals surface area contributed by atoms with E-state index in [2.05, 4.69) is 20.9 Å². The zero-order valence-corrected chi connectivity index (χ0v) is 15.2. The average Bonchev–Trinajstić information content (AvgIpc) is 2.95. The maximum Gasteiger partial charge on any atom is 0.387 e. The van der Waals surface area contributed by atoms with Crippen molar-refractivity contribution in [3.8, 4) is 5.75 Å². The van der Waals surface area contributed by atoms with Gasteiger partial charge >= 0.3 is 6.61 Å². The monoisotopic (exact) mass is 385 g/mol. The number of hydrogen-bond acceptors (Lipinski definition) is 4. The standard InChI is InChI=1S/C16H17F2N3O2S2/c1-3-12-9(2)8-13(25-12)14(22)20-21-16(24)19-10-4-6-11(7-5-10)23-15(17)18/h4-8,15H,3H2,1-2H3,(H,20,22)(H2,19,21,24). The molecule has 25 heavy (non-hydrogen) atoms. The lowest BCUT2D eigenvalue weighted by atomic mass is 10.2. The van der Waals surface area contributed by atoms with E-state index in [1.165, 1.54) is 35.6 Å². The minimum Gasteiger partial charge on any atom is -0.435 e. The number of amides is 1. The van der Waals surface area contributed by atoms with Crippen molar-refractivity contribution in [3.05, 3.63) is 45.6 Å². The number of ether oxygens (including phenoxy) is 1. The second-order valence-electron chi connectivity index (χ2n) is 5.01. The topological polar surface area (TPSA) is 62.4 Å². The van der Waals surface area contributed by atoms with Gasteiger partial charge in [0.2, 0.25) is 0 Å². The summed E-state index contributed by atoms with van der Waals surface area (Å²) in [5.74, 6) is -0.231. The largest absolute Gasteiger partial charge is 0.435 e. The van der Waals surface area contributed by atoms with E-state index >= 15 is 0 Å². The summed E-state index contributed by atoms with van der Waals surface area (Å²) in [5.41, 5.74) is 6.77. The normalized spacial score (nSPS) is 10.4. The van der Waals surface area contributed by atoms with Crippen LogP contribution in [-0.4, -0.2) is 17.6 Å². The number of carbonyl (C=O) groups excluding carboxylic acids is 1. The third-order valence-electron chi connectivity index (χ3n) is 3.19. The number of anilines is 1. The van der Waals surface area contributed by atoms with Crippen LogP contribution in [0.15, 0.2) is 30.3 Å². The van der Waals surface area contributed by atoms with Gasteiger partial charge in [-0.15, -0.1) is 11.3 Å². The Balaban J connectivity index is 1.84. The molecule has 0 unspecified atom stereocenters. The second-order valence-corrected chi connectivity index (χ2v) is 6.55. The lowest BCUT2D eigenvalue weighted by Crippen LogP contribution is -2.43. The molecule has 0 saturated carbocycles. The number of carbonyl (C=O) groups is 1. The number of rotatable bonds is 5. The highest BCUT2D eigenvalue weighted by molar-refractivity contribution is 7.80. The van der Waals surface area contributed by atoms with Crippen LogP contribution in [0.1, 0.15) is 27.0 Å². The lowest BCUT2D eigenvalue weighted by molar-refractivity contribution is -0.0498. The molecule has 0 spiro atoms. The van der Waals surface area contributed by atoms with Crippen molar-refractivity contribution in [1.82, 2.24) is 10.9 Å². The van der Waals surface area contributed by atoms with Gasteiger partial charge in [-0.25, -0.2) is 0 Å². The first-order valence-corrected chi connectivity index (χ1v) is 8.63. The van der Waals surface area contributed by atoms with Gasteiger partial charge in [-0.2, -0.15) is 8.78 Å². The van der Waals surface area contributed by atoms with Crippen LogP contribution in [0.3, 0.4) is 0 Å². The molecule has 5 nitrogen and oxygen atoms in total. The molecule has 2 aromatic rings. The smallest absolute Gasteiger partial charge is 0.387 e. The van der Waals surface area contributed by atoms with Crippen molar-refractivity contribution >= 4 is 40.3 Å². The van der Waals surface area contributed by atoms with Crippen LogP contribution in [0.5, 0.6) is 5.75 Å². The van der Waals surface area contributed by atoms with Gasteiger partial charge in [0.1, 0.15) is 5.75 Å². The second kappa shape index (κ2) is 8.72. The van der Waals surface area contributed by atoms with Crippen LogP contribution in [-0.2, 0) is 6.42 Å². The number of hydrogen-bond donors (Lipinski definition) is 3. The highest BCUT2D eigenvalue weighted by atomic mass is 32.1. The van der Waals surface area contributed by atoms with E-state index in [4.69, 9.17) is 12.2 Å². The van der Waals surface area contributed by atoms with Crippen LogP contribution >= 0.6 is 23.6 Å². The summed E-state index contributed by atoms with van der Waals surface area (Å²) >= 11 is 6.51. The van der Waals surface area contributed by atoms with E-state index in [0.29, 0.717) is 10.6 Å². The Labute approximate surface area is 153 Å². The molecule has 2 rings (SSSR count). The molecule has 0 saturated heterocycles. The zero-order chi connectivity index (χ0) is 18.4. The number of thiophene rings is 1. The highest BCUT2D eigenvalue weighted by Crippen LogP contribution is 2.22. The van der Waals surface area contributed by atoms with Crippen LogP contribution in [0.4, 0.5) is 14.5 Å². The van der Waals surface area contributed by atoms with Gasteiger partial charge in [-0.3, -0.25) is 15.6 Å². The molecule has 0 aliphatic rings. The van der Waals surface area contributed by atoms with E-state index in [9.17, 15) is 13.6 Å². The van der Waals surface area contributed by atoms with Gasteiger partial charge in [0.25, 0.3) is 5.91 Å². The Morgan fingerprint density at radius 1 is 1.28 bits per heavy atom. The van der Waals surface area contributed by atoms with Gasteiger partial charge in [0, 0.05) is 10.6 Å². The Kier molecular flexibility index (Phi) is 6.65. The summed E-state index contributed by atoms with van der Waals surface area (Å²) in [7, 11) is 0. The molecule has 1 heterocycles. The fourth-order valence-electron chi connectivity index (χ4n) is 2.04. The van der Waals surface area contributed by atoms with Crippen LogP contribution in [0.25, 0.3) is 0 Å². The number of benzene rings is 1. The molecule has 0 fully saturated rings. The molecule has 134 valence electrons. The summed E-state index contributed by atoms with van der Waals surface area (Å²) in [4.78, 5) is 13.9. The summed E-state index contributed by atoms with van der Waals surface area (Å²) in [5, 5.41) is 2.99. The van der Waals surface area contributed by atoms with E-state index in [0.717, 1.165) is 16.9 Å². The predicted molar refractivity (Wildman–Crippen MR) is 98.3 cm³/mol. The quantitative estimate of drug-likeness (QED) is 0.539. The Morgan fingerprint density at radius 3 is 2.52 bits per heavy atom. The molecule has 1 aromatic heterocycles. The molecule has 0 bridgehead atoms. The summed E-state index contributed by atoms with van der Waals surface area (Å²) in [6, 6.07) is 7.67. The van der Waals surface area contributed by atoms with Crippen LogP contribution < -0.4 is 20.9 Å². The molecule has 1 aromatic carbocycles. The average molecular weight is 385 g/mol. The van der Waals surface area contributed by atoms with Gasteiger partial charge in [0.05, 0.1) is 4.88 Å². The Hall–Kier alpha value is -2.26.